The van der Waals surface area contributed by atoms with E-state index in [0.717, 1.165) is 19.3 Å². The van der Waals surface area contributed by atoms with Crippen molar-refractivity contribution in [1.82, 2.24) is 0 Å². The summed E-state index contributed by atoms with van der Waals surface area (Å²) in [4.78, 5) is 24.3. The van der Waals surface area contributed by atoms with Crippen LogP contribution in [0.5, 0.6) is 0 Å². The highest BCUT2D eigenvalue weighted by atomic mass is 16.5. The zero-order valence-electron chi connectivity index (χ0n) is 13.9. The van der Waals surface area contributed by atoms with Crippen LogP contribution in [-0.4, -0.2) is 24.6 Å². The van der Waals surface area contributed by atoms with Crippen molar-refractivity contribution in [3.05, 3.63) is 35.4 Å². The maximum Gasteiger partial charge on any atom is 0.339 e. The Labute approximate surface area is 132 Å². The molecule has 0 unspecified atom stereocenters. The van der Waals surface area contributed by atoms with Gasteiger partial charge in [-0.1, -0.05) is 39.3 Å². The molecule has 0 saturated heterocycles. The van der Waals surface area contributed by atoms with Crippen molar-refractivity contribution in [3.63, 3.8) is 0 Å². The second-order valence-electron chi connectivity index (χ2n) is 5.87. The maximum atomic E-state index is 12.2. The zero-order valence-corrected chi connectivity index (χ0v) is 13.9. The Morgan fingerprint density at radius 3 is 2.14 bits per heavy atom. The third kappa shape index (κ3) is 5.88. The molecular weight excluding hydrogens is 280 g/mol. The summed E-state index contributed by atoms with van der Waals surface area (Å²) in [7, 11) is 0. The number of rotatable bonds is 8. The van der Waals surface area contributed by atoms with Crippen molar-refractivity contribution in [2.75, 3.05) is 6.61 Å². The summed E-state index contributed by atoms with van der Waals surface area (Å²) in [5.74, 6) is -0.489. The average molecular weight is 306 g/mol. The molecule has 0 saturated carbocycles. The molecule has 0 fully saturated rings. The summed E-state index contributed by atoms with van der Waals surface area (Å²) < 4.78 is 10.6. The number of esters is 2. The van der Waals surface area contributed by atoms with E-state index in [1.54, 1.807) is 24.3 Å². The van der Waals surface area contributed by atoms with E-state index in [0.29, 0.717) is 12.5 Å². The number of benzene rings is 1. The number of hydrogen-bond donors (Lipinski definition) is 0. The first kappa shape index (κ1) is 18.2. The average Bonchev–Trinajstić information content (AvgIpc) is 2.46. The fraction of sp³-hybridized carbons (Fsp3) is 0.556. The second-order valence-corrected chi connectivity index (χ2v) is 5.87. The molecule has 22 heavy (non-hydrogen) atoms. The monoisotopic (exact) mass is 306 g/mol. The predicted molar refractivity (Wildman–Crippen MR) is 86.0 cm³/mol. The van der Waals surface area contributed by atoms with Crippen LogP contribution in [0.3, 0.4) is 0 Å². The van der Waals surface area contributed by atoms with Gasteiger partial charge in [0.25, 0.3) is 0 Å². The van der Waals surface area contributed by atoms with Crippen molar-refractivity contribution < 1.29 is 19.1 Å². The largest absolute Gasteiger partial charge is 0.462 e. The van der Waals surface area contributed by atoms with E-state index >= 15 is 0 Å². The van der Waals surface area contributed by atoms with E-state index in [9.17, 15) is 9.59 Å². The molecule has 4 heteroatoms. The molecule has 122 valence electrons. The van der Waals surface area contributed by atoms with Crippen molar-refractivity contribution >= 4 is 11.9 Å². The summed E-state index contributed by atoms with van der Waals surface area (Å²) >= 11 is 0. The Morgan fingerprint density at radius 1 is 1.00 bits per heavy atom. The number of ether oxygens (including phenoxy) is 2. The minimum atomic E-state index is -0.476. The van der Waals surface area contributed by atoms with Gasteiger partial charge in [0.05, 0.1) is 23.8 Å². The van der Waals surface area contributed by atoms with Crippen LogP contribution in [-0.2, 0) is 9.47 Å². The van der Waals surface area contributed by atoms with Crippen molar-refractivity contribution in [2.45, 2.75) is 53.1 Å². The van der Waals surface area contributed by atoms with Gasteiger partial charge >= 0.3 is 11.9 Å². The predicted octanol–water partition coefficient (Wildman–Crippen LogP) is 4.23. The number of carbonyl (C=O) groups is 2. The molecule has 1 rings (SSSR count). The molecule has 0 N–H and O–H groups in total. The van der Waals surface area contributed by atoms with E-state index in [4.69, 9.17) is 9.47 Å². The molecule has 0 heterocycles. The summed E-state index contributed by atoms with van der Waals surface area (Å²) in [6.07, 6.45) is 2.37. The van der Waals surface area contributed by atoms with Gasteiger partial charge in [-0.25, -0.2) is 9.59 Å². The van der Waals surface area contributed by atoms with Crippen LogP contribution in [0.1, 0.15) is 67.7 Å². The lowest BCUT2D eigenvalue weighted by Gasteiger charge is -2.14. The first-order chi connectivity index (χ1) is 10.5. The minimum absolute atomic E-state index is 0.164. The van der Waals surface area contributed by atoms with Crippen LogP contribution in [0.15, 0.2) is 24.3 Å². The maximum absolute atomic E-state index is 12.2. The van der Waals surface area contributed by atoms with Gasteiger partial charge in [-0.05, 0) is 37.8 Å². The summed E-state index contributed by atoms with van der Waals surface area (Å²) in [6, 6.07) is 6.62. The van der Waals surface area contributed by atoms with Crippen molar-refractivity contribution in [2.24, 2.45) is 5.92 Å². The Bertz CT molecular complexity index is 494. The third-order valence-electron chi connectivity index (χ3n) is 3.30. The first-order valence-electron chi connectivity index (χ1n) is 7.92. The van der Waals surface area contributed by atoms with E-state index in [-0.39, 0.29) is 17.2 Å². The molecule has 0 spiro atoms. The van der Waals surface area contributed by atoms with Crippen LogP contribution in [0.2, 0.25) is 0 Å². The summed E-state index contributed by atoms with van der Waals surface area (Å²) in [5.41, 5.74) is 0.528. The molecule has 1 aromatic rings. The van der Waals surface area contributed by atoms with Gasteiger partial charge in [-0.2, -0.15) is 0 Å². The molecule has 0 bridgehead atoms. The highest BCUT2D eigenvalue weighted by Gasteiger charge is 2.20. The molecule has 4 nitrogen and oxygen atoms in total. The lowest BCUT2D eigenvalue weighted by atomic mass is 10.1. The second kappa shape index (κ2) is 9.23. The van der Waals surface area contributed by atoms with E-state index < -0.39 is 11.9 Å². The van der Waals surface area contributed by atoms with Crippen LogP contribution in [0.4, 0.5) is 0 Å². The molecule has 1 aromatic carbocycles. The molecule has 0 amide bonds. The van der Waals surface area contributed by atoms with Gasteiger partial charge in [0.2, 0.25) is 0 Å². The van der Waals surface area contributed by atoms with E-state index in [1.165, 1.54) is 0 Å². The van der Waals surface area contributed by atoms with E-state index in [1.807, 2.05) is 13.8 Å². The first-order valence-corrected chi connectivity index (χ1v) is 7.92. The van der Waals surface area contributed by atoms with Crippen LogP contribution >= 0.6 is 0 Å². The molecule has 0 aliphatic heterocycles. The molecule has 0 aliphatic rings. The van der Waals surface area contributed by atoms with Gasteiger partial charge in [0.15, 0.2) is 0 Å². The Kier molecular flexibility index (Phi) is 7.64. The lowest BCUT2D eigenvalue weighted by Crippen LogP contribution is -2.18. The minimum Gasteiger partial charge on any atom is -0.462 e. The van der Waals surface area contributed by atoms with Crippen LogP contribution in [0, 0.1) is 5.92 Å². The topological polar surface area (TPSA) is 52.6 Å². The van der Waals surface area contributed by atoms with Gasteiger partial charge in [0.1, 0.15) is 0 Å². The summed E-state index contributed by atoms with van der Waals surface area (Å²) in [6.45, 7) is 8.37. The number of hydrogen-bond acceptors (Lipinski definition) is 4. The quantitative estimate of drug-likeness (QED) is 0.674. The highest BCUT2D eigenvalue weighted by Crippen LogP contribution is 2.14. The van der Waals surface area contributed by atoms with Crippen molar-refractivity contribution in [3.8, 4) is 0 Å². The fourth-order valence-corrected chi connectivity index (χ4v) is 2.02. The van der Waals surface area contributed by atoms with Gasteiger partial charge in [-0.3, -0.25) is 0 Å². The zero-order chi connectivity index (χ0) is 16.5. The number of carbonyl (C=O) groups excluding carboxylic acids is 2. The highest BCUT2D eigenvalue weighted by molar-refractivity contribution is 6.03. The van der Waals surface area contributed by atoms with Gasteiger partial charge in [-0.15, -0.1) is 0 Å². The Morgan fingerprint density at radius 2 is 1.59 bits per heavy atom. The Balaban J connectivity index is 2.76. The molecule has 0 radical (unpaired) electrons. The standard InChI is InChI=1S/C18H26O4/c1-5-8-14(4)22-18(20)16-10-7-6-9-15(16)17(19)21-12-11-13(2)3/h6-7,9-10,13-14H,5,8,11-12H2,1-4H3/t14-/m0/s1. The van der Waals surface area contributed by atoms with Gasteiger partial charge < -0.3 is 9.47 Å². The lowest BCUT2D eigenvalue weighted by molar-refractivity contribution is 0.0310. The normalized spacial score (nSPS) is 12.0. The van der Waals surface area contributed by atoms with Crippen LogP contribution in [0.25, 0.3) is 0 Å². The fourth-order valence-electron chi connectivity index (χ4n) is 2.02. The summed E-state index contributed by atoms with van der Waals surface area (Å²) in [5, 5.41) is 0. The SMILES string of the molecule is CCC[C@H](C)OC(=O)c1ccccc1C(=O)OCCC(C)C. The smallest absolute Gasteiger partial charge is 0.339 e. The van der Waals surface area contributed by atoms with Crippen LogP contribution < -0.4 is 0 Å². The van der Waals surface area contributed by atoms with Crippen molar-refractivity contribution in [1.29, 1.82) is 0 Å². The molecule has 0 aliphatic carbocycles. The molecule has 1 atom stereocenters. The Hall–Kier alpha value is -1.84. The molecular formula is C18H26O4. The molecule has 0 aromatic heterocycles. The van der Waals surface area contributed by atoms with Gasteiger partial charge in [0, 0.05) is 0 Å². The third-order valence-corrected chi connectivity index (χ3v) is 3.30. The van der Waals surface area contributed by atoms with E-state index in [2.05, 4.69) is 13.8 Å².